The van der Waals surface area contributed by atoms with Crippen molar-refractivity contribution in [3.05, 3.63) is 65.7 Å². The van der Waals surface area contributed by atoms with Crippen LogP contribution < -0.4 is 5.32 Å². The average Bonchev–Trinajstić information content (AvgIpc) is 2.37. The molecule has 1 atom stereocenters. The summed E-state index contributed by atoms with van der Waals surface area (Å²) in [4.78, 5) is 0. The minimum Gasteiger partial charge on any atom is -0.366 e. The third kappa shape index (κ3) is 2.83. The van der Waals surface area contributed by atoms with E-state index in [2.05, 4.69) is 5.32 Å². The van der Waals surface area contributed by atoms with Crippen LogP contribution in [0.25, 0.3) is 0 Å². The Balaban J connectivity index is 2.20. The number of rotatable bonds is 3. The topological polar surface area (TPSA) is 35.8 Å². The van der Waals surface area contributed by atoms with Crippen molar-refractivity contribution in [1.82, 2.24) is 0 Å². The van der Waals surface area contributed by atoms with E-state index in [-0.39, 0.29) is 11.6 Å². The van der Waals surface area contributed by atoms with Crippen molar-refractivity contribution in [1.29, 1.82) is 5.26 Å². The molecule has 4 heteroatoms. The second-order valence-corrected chi connectivity index (χ2v) is 3.77. The van der Waals surface area contributed by atoms with Gasteiger partial charge in [-0.25, -0.2) is 8.78 Å². The van der Waals surface area contributed by atoms with Gasteiger partial charge in [-0.05, 0) is 35.9 Å². The number of nitriles is 1. The predicted octanol–water partition coefficient (Wildman–Crippen LogP) is 3.64. The second kappa shape index (κ2) is 5.28. The maximum atomic E-state index is 13.0. The van der Waals surface area contributed by atoms with Gasteiger partial charge in [0.15, 0.2) is 0 Å². The number of hydrogen-bond acceptors (Lipinski definition) is 2. The molecular formula is C14H10F2N2. The van der Waals surface area contributed by atoms with Crippen molar-refractivity contribution in [3.8, 4) is 6.07 Å². The molecule has 0 aliphatic rings. The Hall–Kier alpha value is -2.41. The number of benzene rings is 2. The number of anilines is 1. The summed E-state index contributed by atoms with van der Waals surface area (Å²) in [6.45, 7) is 0. The Morgan fingerprint density at radius 1 is 1.00 bits per heavy atom. The third-order valence-corrected chi connectivity index (χ3v) is 2.47. The molecule has 0 saturated heterocycles. The summed E-state index contributed by atoms with van der Waals surface area (Å²) in [5.41, 5.74) is 1.13. The summed E-state index contributed by atoms with van der Waals surface area (Å²) >= 11 is 0. The van der Waals surface area contributed by atoms with Gasteiger partial charge in [-0.15, -0.1) is 0 Å². The molecule has 0 amide bonds. The molecule has 2 nitrogen and oxygen atoms in total. The Bertz CT molecular complexity index is 573. The van der Waals surface area contributed by atoms with Gasteiger partial charge >= 0.3 is 0 Å². The van der Waals surface area contributed by atoms with Gasteiger partial charge in [0.1, 0.15) is 17.7 Å². The fourth-order valence-corrected chi connectivity index (χ4v) is 1.59. The van der Waals surface area contributed by atoms with Crippen LogP contribution >= 0.6 is 0 Å². The largest absolute Gasteiger partial charge is 0.366 e. The molecule has 0 radical (unpaired) electrons. The summed E-state index contributed by atoms with van der Waals surface area (Å²) in [5, 5.41) is 12.0. The Morgan fingerprint density at radius 3 is 2.33 bits per heavy atom. The normalized spacial score (nSPS) is 11.6. The van der Waals surface area contributed by atoms with Crippen LogP contribution in [-0.2, 0) is 0 Å². The maximum Gasteiger partial charge on any atom is 0.140 e. The zero-order valence-corrected chi connectivity index (χ0v) is 9.40. The van der Waals surface area contributed by atoms with E-state index < -0.39 is 6.04 Å². The van der Waals surface area contributed by atoms with E-state index >= 15 is 0 Å². The van der Waals surface area contributed by atoms with Gasteiger partial charge in [0.05, 0.1) is 6.07 Å². The molecule has 2 aromatic carbocycles. The molecule has 0 fully saturated rings. The molecular weight excluding hydrogens is 234 g/mol. The van der Waals surface area contributed by atoms with Crippen molar-refractivity contribution < 1.29 is 8.78 Å². The molecule has 2 rings (SSSR count). The molecule has 0 aliphatic carbocycles. The van der Waals surface area contributed by atoms with Crippen LogP contribution in [-0.4, -0.2) is 0 Å². The minimum atomic E-state index is -0.646. The molecule has 0 bridgehead atoms. The van der Waals surface area contributed by atoms with Gasteiger partial charge in [-0.3, -0.25) is 0 Å². The first-order chi connectivity index (χ1) is 8.69. The highest BCUT2D eigenvalue weighted by atomic mass is 19.1. The van der Waals surface area contributed by atoms with Crippen LogP contribution in [0.4, 0.5) is 14.5 Å². The lowest BCUT2D eigenvalue weighted by Gasteiger charge is -2.13. The third-order valence-electron chi connectivity index (χ3n) is 2.47. The maximum absolute atomic E-state index is 13.0. The number of nitrogens with one attached hydrogen (secondary N) is 1. The summed E-state index contributed by atoms with van der Waals surface area (Å²) < 4.78 is 25.8. The Kier molecular flexibility index (Phi) is 3.54. The fraction of sp³-hybridized carbons (Fsp3) is 0.0714. The zero-order chi connectivity index (χ0) is 13.0. The minimum absolute atomic E-state index is 0.360. The van der Waals surface area contributed by atoms with Crippen molar-refractivity contribution in [2.45, 2.75) is 6.04 Å². The molecule has 0 aliphatic heterocycles. The highest BCUT2D eigenvalue weighted by Crippen LogP contribution is 2.19. The van der Waals surface area contributed by atoms with Gasteiger partial charge < -0.3 is 5.32 Å². The van der Waals surface area contributed by atoms with Crippen LogP contribution in [0.3, 0.4) is 0 Å². The summed E-state index contributed by atoms with van der Waals surface area (Å²) in [6, 6.07) is 12.9. The zero-order valence-electron chi connectivity index (χ0n) is 9.40. The van der Waals surface area contributed by atoms with E-state index in [9.17, 15) is 8.78 Å². The van der Waals surface area contributed by atoms with Crippen molar-refractivity contribution in [3.63, 3.8) is 0 Å². The molecule has 18 heavy (non-hydrogen) atoms. The average molecular weight is 244 g/mol. The lowest BCUT2D eigenvalue weighted by Crippen LogP contribution is -2.08. The summed E-state index contributed by atoms with van der Waals surface area (Å²) in [6.07, 6.45) is 0. The molecule has 0 aromatic heterocycles. The smallest absolute Gasteiger partial charge is 0.140 e. The second-order valence-electron chi connectivity index (χ2n) is 3.77. The molecule has 0 spiro atoms. The number of nitrogens with zero attached hydrogens (tertiary/aromatic N) is 1. The number of hydrogen-bond donors (Lipinski definition) is 1. The molecule has 1 unspecified atom stereocenters. The summed E-state index contributed by atoms with van der Waals surface area (Å²) in [5.74, 6) is -0.739. The Labute approximate surface area is 103 Å². The molecule has 2 aromatic rings. The van der Waals surface area contributed by atoms with Gasteiger partial charge in [-0.2, -0.15) is 5.26 Å². The van der Waals surface area contributed by atoms with E-state index in [1.807, 2.05) is 6.07 Å². The first-order valence-electron chi connectivity index (χ1n) is 5.36. The van der Waals surface area contributed by atoms with Crippen molar-refractivity contribution in [2.75, 3.05) is 5.32 Å². The summed E-state index contributed by atoms with van der Waals surface area (Å²) in [7, 11) is 0. The lowest BCUT2D eigenvalue weighted by atomic mass is 10.1. The molecule has 0 heterocycles. The Morgan fingerprint density at radius 2 is 1.72 bits per heavy atom. The first-order valence-corrected chi connectivity index (χ1v) is 5.36. The number of halogens is 2. The fourth-order valence-electron chi connectivity index (χ4n) is 1.59. The highest BCUT2D eigenvalue weighted by molar-refractivity contribution is 5.47. The molecule has 1 N–H and O–H groups in total. The quantitative estimate of drug-likeness (QED) is 0.894. The predicted molar refractivity (Wildman–Crippen MR) is 64.8 cm³/mol. The van der Waals surface area contributed by atoms with Gasteiger partial charge in [0, 0.05) is 5.69 Å². The van der Waals surface area contributed by atoms with E-state index in [1.54, 1.807) is 12.1 Å². The van der Waals surface area contributed by atoms with Crippen LogP contribution in [0.2, 0.25) is 0 Å². The van der Waals surface area contributed by atoms with Gasteiger partial charge in [0.2, 0.25) is 0 Å². The van der Waals surface area contributed by atoms with Gasteiger partial charge in [-0.1, -0.05) is 18.2 Å². The van der Waals surface area contributed by atoms with E-state index in [1.165, 1.54) is 36.4 Å². The van der Waals surface area contributed by atoms with Crippen LogP contribution in [0, 0.1) is 23.0 Å². The molecule has 0 saturated carbocycles. The van der Waals surface area contributed by atoms with Crippen LogP contribution in [0.15, 0.2) is 48.5 Å². The standard InChI is InChI=1S/C14H10F2N2/c15-11-6-4-10(5-7-11)14(9-17)18-13-3-1-2-12(16)8-13/h1-8,14,18H. The van der Waals surface area contributed by atoms with E-state index in [4.69, 9.17) is 5.26 Å². The monoisotopic (exact) mass is 244 g/mol. The van der Waals surface area contributed by atoms with Crippen molar-refractivity contribution in [2.24, 2.45) is 0 Å². The van der Waals surface area contributed by atoms with Crippen LogP contribution in [0.5, 0.6) is 0 Å². The van der Waals surface area contributed by atoms with Crippen LogP contribution in [0.1, 0.15) is 11.6 Å². The van der Waals surface area contributed by atoms with E-state index in [0.717, 1.165) is 0 Å². The first kappa shape index (κ1) is 12.1. The van der Waals surface area contributed by atoms with Crippen molar-refractivity contribution >= 4 is 5.69 Å². The lowest BCUT2D eigenvalue weighted by molar-refractivity contribution is 0.626. The highest BCUT2D eigenvalue weighted by Gasteiger charge is 2.10. The molecule has 90 valence electrons. The SMILES string of the molecule is N#CC(Nc1cccc(F)c1)c1ccc(F)cc1. The van der Waals surface area contributed by atoms with E-state index in [0.29, 0.717) is 11.3 Å². The van der Waals surface area contributed by atoms with Gasteiger partial charge in [0.25, 0.3) is 0 Å².